The number of ether oxygens (including phenoxy) is 1. The minimum atomic E-state index is -0.355. The van der Waals surface area contributed by atoms with Gasteiger partial charge in [-0.2, -0.15) is 0 Å². The third-order valence-corrected chi connectivity index (χ3v) is 3.98. The van der Waals surface area contributed by atoms with Crippen molar-refractivity contribution in [2.24, 2.45) is 0 Å². The number of carbonyl (C=O) groups excluding carboxylic acids is 2. The molecule has 136 valence electrons. The summed E-state index contributed by atoms with van der Waals surface area (Å²) in [7, 11) is 0. The third-order valence-electron chi connectivity index (χ3n) is 3.98. The SMILES string of the molecule is Cc1cc(F)ccc1NC(=O)COc1ccc(C(=O)c2ccccc2)cc1. The summed E-state index contributed by atoms with van der Waals surface area (Å²) in [5, 5.41) is 2.67. The Kier molecular flexibility index (Phi) is 5.61. The molecule has 5 heteroatoms. The fourth-order valence-electron chi connectivity index (χ4n) is 2.56. The van der Waals surface area contributed by atoms with Crippen LogP contribution in [0.15, 0.2) is 72.8 Å². The second-order valence-electron chi connectivity index (χ2n) is 6.02. The van der Waals surface area contributed by atoms with Gasteiger partial charge in [-0.1, -0.05) is 30.3 Å². The standard InChI is InChI=1S/C22H18FNO3/c1-15-13-18(23)9-12-20(15)24-21(25)14-27-19-10-7-17(8-11-19)22(26)16-5-3-2-4-6-16/h2-13H,14H2,1H3,(H,24,25). The molecule has 0 heterocycles. The molecule has 0 aliphatic rings. The molecule has 0 unspecified atom stereocenters. The molecular formula is C22H18FNO3. The Balaban J connectivity index is 1.57. The minimum Gasteiger partial charge on any atom is -0.484 e. The molecule has 27 heavy (non-hydrogen) atoms. The van der Waals surface area contributed by atoms with E-state index in [1.807, 2.05) is 18.2 Å². The summed E-state index contributed by atoms with van der Waals surface area (Å²) >= 11 is 0. The topological polar surface area (TPSA) is 55.4 Å². The smallest absolute Gasteiger partial charge is 0.262 e. The van der Waals surface area contributed by atoms with Crippen LogP contribution in [0, 0.1) is 12.7 Å². The molecule has 1 N–H and O–H groups in total. The van der Waals surface area contributed by atoms with E-state index in [1.165, 1.54) is 18.2 Å². The Bertz CT molecular complexity index is 953. The molecule has 0 aliphatic carbocycles. The number of amides is 1. The zero-order chi connectivity index (χ0) is 19.2. The van der Waals surface area contributed by atoms with Crippen molar-refractivity contribution in [3.8, 4) is 5.75 Å². The first-order valence-corrected chi connectivity index (χ1v) is 8.41. The normalized spacial score (nSPS) is 10.3. The highest BCUT2D eigenvalue weighted by atomic mass is 19.1. The number of nitrogens with one attached hydrogen (secondary N) is 1. The Morgan fingerprint density at radius 1 is 0.926 bits per heavy atom. The lowest BCUT2D eigenvalue weighted by molar-refractivity contribution is -0.118. The van der Waals surface area contributed by atoms with Crippen molar-refractivity contribution in [2.45, 2.75) is 6.92 Å². The number of hydrogen-bond acceptors (Lipinski definition) is 3. The maximum absolute atomic E-state index is 13.1. The van der Waals surface area contributed by atoms with Gasteiger partial charge in [0.25, 0.3) is 5.91 Å². The van der Waals surface area contributed by atoms with E-state index in [4.69, 9.17) is 4.74 Å². The first kappa shape index (κ1) is 18.3. The van der Waals surface area contributed by atoms with E-state index in [9.17, 15) is 14.0 Å². The second-order valence-corrected chi connectivity index (χ2v) is 6.02. The number of halogens is 1. The summed E-state index contributed by atoms with van der Waals surface area (Å²) in [5.74, 6) is -0.307. The summed E-state index contributed by atoms with van der Waals surface area (Å²) in [5.41, 5.74) is 2.32. The lowest BCUT2D eigenvalue weighted by Gasteiger charge is -2.10. The lowest BCUT2D eigenvalue weighted by Crippen LogP contribution is -2.20. The molecule has 4 nitrogen and oxygen atoms in total. The number of carbonyl (C=O) groups is 2. The minimum absolute atomic E-state index is 0.0771. The van der Waals surface area contributed by atoms with E-state index in [0.29, 0.717) is 28.1 Å². The van der Waals surface area contributed by atoms with Crippen molar-refractivity contribution in [3.05, 3.63) is 95.3 Å². The zero-order valence-corrected chi connectivity index (χ0v) is 14.7. The molecule has 0 spiro atoms. The van der Waals surface area contributed by atoms with Crippen molar-refractivity contribution in [3.63, 3.8) is 0 Å². The molecule has 3 aromatic carbocycles. The monoisotopic (exact) mass is 363 g/mol. The van der Waals surface area contributed by atoms with Gasteiger partial charge in [0.05, 0.1) is 0 Å². The van der Waals surface area contributed by atoms with Crippen LogP contribution in [-0.2, 0) is 4.79 Å². The highest BCUT2D eigenvalue weighted by molar-refractivity contribution is 6.09. The fourth-order valence-corrected chi connectivity index (χ4v) is 2.56. The maximum Gasteiger partial charge on any atom is 0.262 e. The Labute approximate surface area is 156 Å². The van der Waals surface area contributed by atoms with Gasteiger partial charge in [-0.15, -0.1) is 0 Å². The van der Waals surface area contributed by atoms with E-state index in [-0.39, 0.29) is 24.1 Å². The average Bonchev–Trinajstić information content (AvgIpc) is 2.69. The van der Waals surface area contributed by atoms with Crippen LogP contribution in [0.2, 0.25) is 0 Å². The molecule has 1 amide bonds. The van der Waals surface area contributed by atoms with Crippen molar-refractivity contribution in [2.75, 3.05) is 11.9 Å². The first-order chi connectivity index (χ1) is 13.0. The van der Waals surface area contributed by atoms with Crippen molar-refractivity contribution in [1.82, 2.24) is 0 Å². The molecule has 3 rings (SSSR count). The summed E-state index contributed by atoms with van der Waals surface area (Å²) in [6, 6.07) is 19.7. The maximum atomic E-state index is 13.1. The van der Waals surface area contributed by atoms with Crippen molar-refractivity contribution in [1.29, 1.82) is 0 Å². The van der Waals surface area contributed by atoms with Crippen LogP contribution in [0.4, 0.5) is 10.1 Å². The number of hydrogen-bond donors (Lipinski definition) is 1. The number of rotatable bonds is 6. The van der Waals surface area contributed by atoms with E-state index in [1.54, 1.807) is 43.3 Å². The molecule has 0 bridgehead atoms. The van der Waals surface area contributed by atoms with Crippen LogP contribution >= 0.6 is 0 Å². The summed E-state index contributed by atoms with van der Waals surface area (Å²) in [6.45, 7) is 1.52. The molecule has 3 aromatic rings. The molecule has 0 fully saturated rings. The number of benzene rings is 3. The van der Waals surface area contributed by atoms with Gasteiger partial charge >= 0.3 is 0 Å². The molecule has 0 radical (unpaired) electrons. The van der Waals surface area contributed by atoms with E-state index < -0.39 is 0 Å². The lowest BCUT2D eigenvalue weighted by atomic mass is 10.0. The predicted octanol–water partition coefficient (Wildman–Crippen LogP) is 4.38. The zero-order valence-electron chi connectivity index (χ0n) is 14.7. The van der Waals surface area contributed by atoms with Crippen LogP contribution in [0.3, 0.4) is 0 Å². The van der Waals surface area contributed by atoms with Gasteiger partial charge < -0.3 is 10.1 Å². The van der Waals surface area contributed by atoms with Crippen molar-refractivity contribution >= 4 is 17.4 Å². The first-order valence-electron chi connectivity index (χ1n) is 8.41. The van der Waals surface area contributed by atoms with Crippen LogP contribution in [0.25, 0.3) is 0 Å². The quantitative estimate of drug-likeness (QED) is 0.661. The molecular weight excluding hydrogens is 345 g/mol. The van der Waals surface area contributed by atoms with Gasteiger partial charge in [0.2, 0.25) is 0 Å². The van der Waals surface area contributed by atoms with Gasteiger partial charge in [-0.05, 0) is 55.0 Å². The molecule has 0 aliphatic heterocycles. The summed E-state index contributed by atoms with van der Waals surface area (Å²) < 4.78 is 18.5. The van der Waals surface area contributed by atoms with Crippen LogP contribution in [0.5, 0.6) is 5.75 Å². The van der Waals surface area contributed by atoms with Gasteiger partial charge in [0.1, 0.15) is 11.6 Å². The third kappa shape index (κ3) is 4.79. The number of aryl methyl sites for hydroxylation is 1. The molecule has 0 saturated heterocycles. The van der Waals surface area contributed by atoms with Gasteiger partial charge in [0.15, 0.2) is 12.4 Å². The van der Waals surface area contributed by atoms with Gasteiger partial charge in [0, 0.05) is 16.8 Å². The van der Waals surface area contributed by atoms with E-state index >= 15 is 0 Å². The Morgan fingerprint density at radius 3 is 2.26 bits per heavy atom. The van der Waals surface area contributed by atoms with Gasteiger partial charge in [-0.25, -0.2) is 4.39 Å². The molecule has 0 aromatic heterocycles. The number of ketones is 1. The van der Waals surface area contributed by atoms with E-state index in [2.05, 4.69) is 5.32 Å². The van der Waals surface area contributed by atoms with Crippen LogP contribution in [-0.4, -0.2) is 18.3 Å². The van der Waals surface area contributed by atoms with Gasteiger partial charge in [-0.3, -0.25) is 9.59 Å². The Hall–Kier alpha value is -3.47. The molecule has 0 saturated carbocycles. The summed E-state index contributed by atoms with van der Waals surface area (Å²) in [6.07, 6.45) is 0. The highest BCUT2D eigenvalue weighted by Crippen LogP contribution is 2.17. The summed E-state index contributed by atoms with van der Waals surface area (Å²) in [4.78, 5) is 24.4. The predicted molar refractivity (Wildman–Crippen MR) is 102 cm³/mol. The number of anilines is 1. The van der Waals surface area contributed by atoms with Crippen molar-refractivity contribution < 1.29 is 18.7 Å². The average molecular weight is 363 g/mol. The highest BCUT2D eigenvalue weighted by Gasteiger charge is 2.10. The molecule has 0 atom stereocenters. The van der Waals surface area contributed by atoms with Crippen LogP contribution < -0.4 is 10.1 Å². The fraction of sp³-hybridized carbons (Fsp3) is 0.0909. The van der Waals surface area contributed by atoms with E-state index in [0.717, 1.165) is 0 Å². The Morgan fingerprint density at radius 2 is 1.59 bits per heavy atom. The second kappa shape index (κ2) is 8.27. The largest absolute Gasteiger partial charge is 0.484 e. The van der Waals surface area contributed by atoms with Crippen LogP contribution in [0.1, 0.15) is 21.5 Å².